The van der Waals surface area contributed by atoms with E-state index < -0.39 is 11.7 Å². The summed E-state index contributed by atoms with van der Waals surface area (Å²) in [6, 6.07) is 18.9. The molecule has 0 N–H and O–H groups in total. The summed E-state index contributed by atoms with van der Waals surface area (Å²) in [6.07, 6.45) is 2.60. The molecule has 2 heterocycles. The molecule has 0 aliphatic heterocycles. The minimum Gasteiger partial charge on any atom is -0.301 e. The Morgan fingerprint density at radius 2 is 1.67 bits per heavy atom. The number of aromatic nitrogens is 2. The van der Waals surface area contributed by atoms with Gasteiger partial charge in [-0.3, -0.25) is 0 Å². The molecular weight excluding hydrogens is 349 g/mol. The van der Waals surface area contributed by atoms with E-state index in [4.69, 9.17) is 0 Å². The highest BCUT2D eigenvalue weighted by Crippen LogP contribution is 2.33. The van der Waals surface area contributed by atoms with Crippen LogP contribution in [0.4, 0.5) is 13.2 Å². The molecule has 0 saturated carbocycles. The fraction of sp³-hybridized carbons (Fsp3) is 0.0455. The van der Waals surface area contributed by atoms with Gasteiger partial charge in [0.2, 0.25) is 0 Å². The first-order valence-electron chi connectivity index (χ1n) is 8.39. The summed E-state index contributed by atoms with van der Waals surface area (Å²) in [6.45, 7) is 0. The van der Waals surface area contributed by atoms with Crippen molar-refractivity contribution in [2.45, 2.75) is 6.18 Å². The van der Waals surface area contributed by atoms with Gasteiger partial charge in [-0.15, -0.1) is 0 Å². The fourth-order valence-electron chi connectivity index (χ4n) is 2.99. The molecule has 27 heavy (non-hydrogen) atoms. The molecule has 2 aromatic carbocycles. The van der Waals surface area contributed by atoms with E-state index in [9.17, 15) is 13.2 Å². The Morgan fingerprint density at radius 3 is 2.44 bits per heavy atom. The molecule has 2 aromatic heterocycles. The largest absolute Gasteiger partial charge is 0.416 e. The molecule has 4 rings (SSSR count). The highest BCUT2D eigenvalue weighted by atomic mass is 19.4. The minimum absolute atomic E-state index is 0.469. The van der Waals surface area contributed by atoms with Crippen molar-refractivity contribution >= 4 is 23.2 Å². The van der Waals surface area contributed by atoms with Gasteiger partial charge in [-0.2, -0.15) is 13.2 Å². The second-order valence-electron chi connectivity index (χ2n) is 6.12. The smallest absolute Gasteiger partial charge is 0.301 e. The number of rotatable bonds is 3. The number of hydrogen-bond acceptors (Lipinski definition) is 1. The van der Waals surface area contributed by atoms with Crippen molar-refractivity contribution in [3.8, 4) is 5.69 Å². The van der Waals surface area contributed by atoms with Gasteiger partial charge in [-0.1, -0.05) is 42.5 Å². The summed E-state index contributed by atoms with van der Waals surface area (Å²) < 4.78 is 41.5. The number of alkyl halides is 3. The van der Waals surface area contributed by atoms with Gasteiger partial charge in [-0.05, 0) is 47.5 Å². The fourth-order valence-corrected chi connectivity index (χ4v) is 2.99. The van der Waals surface area contributed by atoms with E-state index >= 15 is 0 Å². The van der Waals surface area contributed by atoms with E-state index in [2.05, 4.69) is 4.98 Å². The molecule has 0 amide bonds. The molecule has 0 radical (unpaired) electrons. The summed E-state index contributed by atoms with van der Waals surface area (Å²) in [5, 5.41) is 0.926. The standard InChI is InChI=1S/C22H15F3N2/c23-22(24,25)19-10-11-20(27-14-12-17-7-4-13-26-21(17)27)18(15-19)9-8-16-5-2-1-3-6-16/h1-15H/b9-8+. The predicted molar refractivity (Wildman–Crippen MR) is 101 cm³/mol. The highest BCUT2D eigenvalue weighted by molar-refractivity contribution is 5.81. The SMILES string of the molecule is FC(F)(F)c1ccc(-n2ccc3cccnc32)c(/C=C/c2ccccc2)c1. The van der Waals surface area contributed by atoms with Crippen LogP contribution in [0.5, 0.6) is 0 Å². The lowest BCUT2D eigenvalue weighted by atomic mass is 10.1. The Kier molecular flexibility index (Phi) is 4.28. The Labute approximate surface area is 154 Å². The average molecular weight is 364 g/mol. The van der Waals surface area contributed by atoms with Crippen molar-refractivity contribution in [1.82, 2.24) is 9.55 Å². The average Bonchev–Trinajstić information content (AvgIpc) is 3.10. The van der Waals surface area contributed by atoms with Crippen LogP contribution in [0.3, 0.4) is 0 Å². The van der Waals surface area contributed by atoms with E-state index in [1.54, 1.807) is 22.9 Å². The topological polar surface area (TPSA) is 17.8 Å². The van der Waals surface area contributed by atoms with Gasteiger partial charge < -0.3 is 4.57 Å². The molecule has 0 saturated heterocycles. The van der Waals surface area contributed by atoms with Crippen LogP contribution in [0.2, 0.25) is 0 Å². The van der Waals surface area contributed by atoms with E-state index in [-0.39, 0.29) is 0 Å². The van der Waals surface area contributed by atoms with E-state index in [1.165, 1.54) is 12.1 Å². The maximum Gasteiger partial charge on any atom is 0.416 e. The molecule has 4 aromatic rings. The number of halogens is 3. The highest BCUT2D eigenvalue weighted by Gasteiger charge is 2.31. The Hall–Kier alpha value is -3.34. The second kappa shape index (κ2) is 6.76. The molecule has 0 fully saturated rings. The lowest BCUT2D eigenvalue weighted by molar-refractivity contribution is -0.137. The van der Waals surface area contributed by atoms with Crippen LogP contribution in [-0.4, -0.2) is 9.55 Å². The number of benzene rings is 2. The molecule has 0 spiro atoms. The molecule has 0 bridgehead atoms. The summed E-state index contributed by atoms with van der Waals surface area (Å²) >= 11 is 0. The van der Waals surface area contributed by atoms with Crippen LogP contribution in [0, 0.1) is 0 Å². The normalized spacial score (nSPS) is 12.1. The first-order chi connectivity index (χ1) is 13.0. The maximum absolute atomic E-state index is 13.2. The third-order valence-electron chi connectivity index (χ3n) is 4.32. The summed E-state index contributed by atoms with van der Waals surface area (Å²) in [5.41, 5.74) is 2.05. The van der Waals surface area contributed by atoms with Crippen LogP contribution < -0.4 is 0 Å². The van der Waals surface area contributed by atoms with Gasteiger partial charge in [-0.25, -0.2) is 4.98 Å². The molecule has 134 valence electrons. The zero-order valence-electron chi connectivity index (χ0n) is 14.2. The van der Waals surface area contributed by atoms with Gasteiger partial charge >= 0.3 is 6.18 Å². The van der Waals surface area contributed by atoms with Gasteiger partial charge in [0.05, 0.1) is 11.3 Å². The van der Waals surface area contributed by atoms with Crippen molar-refractivity contribution in [3.63, 3.8) is 0 Å². The van der Waals surface area contributed by atoms with E-state index in [0.717, 1.165) is 17.0 Å². The van der Waals surface area contributed by atoms with E-state index in [1.807, 2.05) is 54.7 Å². The van der Waals surface area contributed by atoms with Crippen LogP contribution in [0.15, 0.2) is 79.1 Å². The number of pyridine rings is 1. The number of fused-ring (bicyclic) bond motifs is 1. The Morgan fingerprint density at radius 1 is 0.852 bits per heavy atom. The van der Waals surface area contributed by atoms with Crippen molar-refractivity contribution in [2.24, 2.45) is 0 Å². The monoisotopic (exact) mass is 364 g/mol. The molecule has 0 aliphatic carbocycles. The van der Waals surface area contributed by atoms with Crippen LogP contribution in [0.1, 0.15) is 16.7 Å². The van der Waals surface area contributed by atoms with E-state index in [0.29, 0.717) is 16.9 Å². The lowest BCUT2D eigenvalue weighted by Crippen LogP contribution is -2.06. The van der Waals surface area contributed by atoms with Crippen LogP contribution in [-0.2, 0) is 6.18 Å². The van der Waals surface area contributed by atoms with Gasteiger partial charge in [0.15, 0.2) is 0 Å². The molecule has 0 atom stereocenters. The molecule has 5 heteroatoms. The Balaban J connectivity index is 1.87. The summed E-state index contributed by atoms with van der Waals surface area (Å²) in [5.74, 6) is 0. The zero-order chi connectivity index (χ0) is 18.9. The lowest BCUT2D eigenvalue weighted by Gasteiger charge is -2.13. The molecule has 0 aliphatic rings. The molecule has 0 unspecified atom stereocenters. The van der Waals surface area contributed by atoms with Gasteiger partial charge in [0, 0.05) is 17.8 Å². The first-order valence-corrected chi connectivity index (χ1v) is 8.39. The summed E-state index contributed by atoms with van der Waals surface area (Å²) in [7, 11) is 0. The van der Waals surface area contributed by atoms with Crippen molar-refractivity contribution in [1.29, 1.82) is 0 Å². The second-order valence-corrected chi connectivity index (χ2v) is 6.12. The predicted octanol–water partition coefficient (Wildman–Crippen LogP) is 6.21. The minimum atomic E-state index is -4.40. The van der Waals surface area contributed by atoms with Crippen molar-refractivity contribution in [3.05, 3.63) is 95.8 Å². The van der Waals surface area contributed by atoms with Gasteiger partial charge in [0.1, 0.15) is 5.65 Å². The number of nitrogens with zero attached hydrogens (tertiary/aromatic N) is 2. The molecular formula is C22H15F3N2. The third-order valence-corrected chi connectivity index (χ3v) is 4.32. The van der Waals surface area contributed by atoms with Crippen molar-refractivity contribution in [2.75, 3.05) is 0 Å². The molecule has 2 nitrogen and oxygen atoms in total. The van der Waals surface area contributed by atoms with Crippen LogP contribution >= 0.6 is 0 Å². The Bertz CT molecular complexity index is 1110. The maximum atomic E-state index is 13.2. The summed E-state index contributed by atoms with van der Waals surface area (Å²) in [4.78, 5) is 4.36. The van der Waals surface area contributed by atoms with Crippen LogP contribution in [0.25, 0.3) is 28.9 Å². The zero-order valence-corrected chi connectivity index (χ0v) is 14.2. The quantitative estimate of drug-likeness (QED) is 0.395. The first kappa shape index (κ1) is 17.1. The van der Waals surface area contributed by atoms with Crippen molar-refractivity contribution < 1.29 is 13.2 Å². The third kappa shape index (κ3) is 3.49. The van der Waals surface area contributed by atoms with Gasteiger partial charge in [0.25, 0.3) is 0 Å². The number of hydrogen-bond donors (Lipinski definition) is 0.